The number of fused-ring (bicyclic) bond motifs is 1. The normalized spacial score (nSPS) is 24.4. The van der Waals surface area contributed by atoms with Crippen LogP contribution in [0.1, 0.15) is 48.9 Å². The number of nitrogens with zero attached hydrogens (tertiary/aromatic N) is 4. The monoisotopic (exact) mass is 374 g/mol. The number of carbonyl (C=O) groups excluding carboxylic acids is 1. The van der Waals surface area contributed by atoms with Crippen LogP contribution in [0.4, 0.5) is 14.6 Å². The quantitative estimate of drug-likeness (QED) is 0.799. The minimum absolute atomic E-state index is 0.0375. The molecule has 0 radical (unpaired) electrons. The summed E-state index contributed by atoms with van der Waals surface area (Å²) in [5.41, 5.74) is 2.81. The Hall–Kier alpha value is -2.23. The molecule has 2 aliphatic heterocycles. The van der Waals surface area contributed by atoms with E-state index in [9.17, 15) is 18.8 Å². The number of halogens is 2. The highest BCUT2D eigenvalue weighted by Crippen LogP contribution is 2.32. The number of aromatic nitrogens is 1. The van der Waals surface area contributed by atoms with E-state index in [-0.39, 0.29) is 37.8 Å². The summed E-state index contributed by atoms with van der Waals surface area (Å²) in [4.78, 5) is 21.1. The molecule has 0 spiro atoms. The first-order chi connectivity index (χ1) is 13.0. The van der Waals surface area contributed by atoms with Gasteiger partial charge in [-0.25, -0.2) is 13.8 Å². The van der Waals surface area contributed by atoms with E-state index in [4.69, 9.17) is 4.98 Å². The maximum Gasteiger partial charge on any atom is 0.251 e. The zero-order valence-electron chi connectivity index (χ0n) is 15.4. The molecule has 0 N–H and O–H groups in total. The molecule has 2 fully saturated rings. The number of aryl methyl sites for hydroxylation is 2. The van der Waals surface area contributed by atoms with Crippen molar-refractivity contribution < 1.29 is 13.6 Å². The second-order valence-corrected chi connectivity index (χ2v) is 7.90. The Morgan fingerprint density at radius 1 is 1.22 bits per heavy atom. The number of amides is 1. The van der Waals surface area contributed by atoms with Gasteiger partial charge in [-0.3, -0.25) is 4.79 Å². The zero-order chi connectivity index (χ0) is 19.0. The minimum atomic E-state index is -2.65. The van der Waals surface area contributed by atoms with Gasteiger partial charge in [-0.1, -0.05) is 0 Å². The topological polar surface area (TPSA) is 60.2 Å². The van der Waals surface area contributed by atoms with Gasteiger partial charge in [-0.15, -0.1) is 0 Å². The number of carbonyl (C=O) groups is 1. The number of pyridine rings is 1. The van der Waals surface area contributed by atoms with Gasteiger partial charge >= 0.3 is 0 Å². The molecule has 1 atom stereocenters. The molecule has 7 heteroatoms. The molecule has 2 saturated heterocycles. The van der Waals surface area contributed by atoms with Crippen LogP contribution in [-0.2, 0) is 17.6 Å². The van der Waals surface area contributed by atoms with E-state index in [0.29, 0.717) is 30.9 Å². The van der Waals surface area contributed by atoms with E-state index in [1.165, 1.54) is 5.56 Å². The van der Waals surface area contributed by atoms with E-state index < -0.39 is 5.92 Å². The number of rotatable bonds is 2. The minimum Gasteiger partial charge on any atom is -0.355 e. The van der Waals surface area contributed by atoms with Crippen molar-refractivity contribution in [1.82, 2.24) is 9.88 Å². The lowest BCUT2D eigenvalue weighted by atomic mass is 9.95. The number of hydrogen-bond acceptors (Lipinski definition) is 4. The Morgan fingerprint density at radius 2 is 1.96 bits per heavy atom. The summed E-state index contributed by atoms with van der Waals surface area (Å²) in [5, 5.41) is 9.55. The first kappa shape index (κ1) is 18.1. The van der Waals surface area contributed by atoms with Crippen molar-refractivity contribution in [3.05, 3.63) is 22.9 Å². The lowest BCUT2D eigenvalue weighted by Crippen LogP contribution is -2.45. The Morgan fingerprint density at radius 3 is 2.70 bits per heavy atom. The lowest BCUT2D eigenvalue weighted by Gasteiger charge is -2.33. The molecule has 27 heavy (non-hydrogen) atoms. The van der Waals surface area contributed by atoms with Crippen LogP contribution in [0, 0.1) is 17.2 Å². The third-order valence-electron chi connectivity index (χ3n) is 6.04. The fourth-order valence-electron chi connectivity index (χ4n) is 4.41. The predicted octanol–water partition coefficient (Wildman–Crippen LogP) is 2.92. The standard InChI is InChI=1S/C20H24F2N4O/c21-20(22)6-9-25(10-7-20)19(27)15-5-8-26(13-15)18-16(12-23)11-14-3-1-2-4-17(14)24-18/h11,15H,1-10,13H2. The van der Waals surface area contributed by atoms with Crippen molar-refractivity contribution in [1.29, 1.82) is 5.26 Å². The molecule has 0 saturated carbocycles. The summed E-state index contributed by atoms with van der Waals surface area (Å²) in [6.07, 6.45) is 4.33. The lowest BCUT2D eigenvalue weighted by molar-refractivity contribution is -0.140. The highest BCUT2D eigenvalue weighted by molar-refractivity contribution is 5.80. The summed E-state index contributed by atoms with van der Waals surface area (Å²) >= 11 is 0. The first-order valence-electron chi connectivity index (χ1n) is 9.81. The number of likely N-dealkylation sites (tertiary alicyclic amines) is 1. The number of alkyl halides is 2. The van der Waals surface area contributed by atoms with Gasteiger partial charge in [0.25, 0.3) is 5.92 Å². The molecule has 1 unspecified atom stereocenters. The van der Waals surface area contributed by atoms with Crippen LogP contribution < -0.4 is 4.90 Å². The van der Waals surface area contributed by atoms with E-state index in [2.05, 4.69) is 6.07 Å². The average molecular weight is 374 g/mol. The van der Waals surface area contributed by atoms with Crippen molar-refractivity contribution in [3.63, 3.8) is 0 Å². The van der Waals surface area contributed by atoms with Crippen LogP contribution in [-0.4, -0.2) is 47.9 Å². The number of piperidine rings is 1. The van der Waals surface area contributed by atoms with Gasteiger partial charge < -0.3 is 9.80 Å². The van der Waals surface area contributed by atoms with E-state index in [1.54, 1.807) is 4.90 Å². The molecule has 1 aliphatic carbocycles. The van der Waals surface area contributed by atoms with Crippen LogP contribution in [0.5, 0.6) is 0 Å². The highest BCUT2D eigenvalue weighted by atomic mass is 19.3. The third-order valence-corrected chi connectivity index (χ3v) is 6.04. The molecule has 1 aromatic rings. The SMILES string of the molecule is N#Cc1cc2c(nc1N1CCC(C(=O)N3CCC(F)(F)CC3)C1)CCCC2. The van der Waals surface area contributed by atoms with Crippen LogP contribution in [0.3, 0.4) is 0 Å². The second-order valence-electron chi connectivity index (χ2n) is 7.90. The van der Waals surface area contributed by atoms with Gasteiger partial charge in [-0.05, 0) is 43.7 Å². The molecule has 1 amide bonds. The number of hydrogen-bond donors (Lipinski definition) is 0. The maximum atomic E-state index is 13.3. The molecule has 3 heterocycles. The molecule has 1 aromatic heterocycles. The van der Waals surface area contributed by atoms with Crippen molar-refractivity contribution >= 4 is 11.7 Å². The van der Waals surface area contributed by atoms with E-state index >= 15 is 0 Å². The Balaban J connectivity index is 1.47. The highest BCUT2D eigenvalue weighted by Gasteiger charge is 2.39. The van der Waals surface area contributed by atoms with Crippen molar-refractivity contribution in [2.24, 2.45) is 5.92 Å². The van der Waals surface area contributed by atoms with Crippen LogP contribution in [0.2, 0.25) is 0 Å². The van der Waals surface area contributed by atoms with E-state index in [0.717, 1.165) is 31.4 Å². The molecular formula is C20H24F2N4O. The van der Waals surface area contributed by atoms with Gasteiger partial charge in [0, 0.05) is 44.7 Å². The molecule has 144 valence electrons. The fraction of sp³-hybridized carbons (Fsp3) is 0.650. The Kier molecular flexibility index (Phi) is 4.75. The predicted molar refractivity (Wildman–Crippen MR) is 96.7 cm³/mol. The van der Waals surface area contributed by atoms with Crippen LogP contribution in [0.15, 0.2) is 6.07 Å². The molecular weight excluding hydrogens is 350 g/mol. The summed E-state index contributed by atoms with van der Waals surface area (Å²) in [7, 11) is 0. The van der Waals surface area contributed by atoms with Crippen molar-refractivity contribution in [3.8, 4) is 6.07 Å². The molecule has 3 aliphatic rings. The summed E-state index contributed by atoms with van der Waals surface area (Å²) in [6.45, 7) is 1.43. The molecule has 0 bridgehead atoms. The van der Waals surface area contributed by atoms with Gasteiger partial charge in [0.15, 0.2) is 0 Å². The van der Waals surface area contributed by atoms with Crippen LogP contribution >= 0.6 is 0 Å². The largest absolute Gasteiger partial charge is 0.355 e. The van der Waals surface area contributed by atoms with Crippen molar-refractivity contribution in [2.45, 2.75) is 50.9 Å². The number of nitriles is 1. The number of anilines is 1. The van der Waals surface area contributed by atoms with Crippen molar-refractivity contribution in [2.75, 3.05) is 31.1 Å². The smallest absolute Gasteiger partial charge is 0.251 e. The Bertz CT molecular complexity index is 779. The van der Waals surface area contributed by atoms with Gasteiger partial charge in [0.1, 0.15) is 11.9 Å². The fourth-order valence-corrected chi connectivity index (χ4v) is 4.41. The average Bonchev–Trinajstić information content (AvgIpc) is 3.16. The second kappa shape index (κ2) is 7.06. The first-order valence-corrected chi connectivity index (χ1v) is 9.81. The van der Waals surface area contributed by atoms with E-state index in [1.807, 2.05) is 11.0 Å². The van der Waals surface area contributed by atoms with Gasteiger partial charge in [0.2, 0.25) is 5.91 Å². The van der Waals surface area contributed by atoms with Gasteiger partial charge in [-0.2, -0.15) is 5.26 Å². The maximum absolute atomic E-state index is 13.3. The molecule has 5 nitrogen and oxygen atoms in total. The Labute approximate surface area is 158 Å². The summed E-state index contributed by atoms with van der Waals surface area (Å²) in [6, 6.07) is 4.21. The molecule has 0 aromatic carbocycles. The summed E-state index contributed by atoms with van der Waals surface area (Å²) < 4.78 is 26.7. The zero-order valence-corrected chi connectivity index (χ0v) is 15.4. The third kappa shape index (κ3) is 3.62. The summed E-state index contributed by atoms with van der Waals surface area (Å²) in [5.74, 6) is -2.21. The molecule has 4 rings (SSSR count). The van der Waals surface area contributed by atoms with Crippen LogP contribution in [0.25, 0.3) is 0 Å². The van der Waals surface area contributed by atoms with Gasteiger partial charge in [0.05, 0.1) is 11.5 Å².